The van der Waals surface area contributed by atoms with E-state index in [0.29, 0.717) is 71.0 Å². The van der Waals surface area contributed by atoms with Crippen molar-refractivity contribution >= 4 is 58.5 Å². The number of benzene rings is 2. The fourth-order valence-corrected chi connectivity index (χ4v) is 5.78. The molecule has 0 saturated carbocycles. The molecule has 0 saturated heterocycles. The summed E-state index contributed by atoms with van der Waals surface area (Å²) in [7, 11) is 0. The van der Waals surface area contributed by atoms with Crippen LogP contribution >= 0.6 is 46.4 Å². The number of aryl methyl sites for hydroxylation is 2. The number of aromatic nitrogens is 4. The van der Waals surface area contributed by atoms with E-state index in [2.05, 4.69) is 9.97 Å². The maximum Gasteiger partial charge on any atom is 2.00 e. The molecule has 0 radical (unpaired) electrons. The predicted octanol–water partition coefficient (Wildman–Crippen LogP) is 2.52. The Balaban J connectivity index is 0.000000886. The van der Waals surface area contributed by atoms with Crippen molar-refractivity contribution in [1.82, 2.24) is 28.9 Å². The topological polar surface area (TPSA) is 94.7 Å². The second-order valence-electron chi connectivity index (χ2n) is 10.2. The monoisotopic (exact) mass is 838 g/mol. The molecule has 0 spiro atoms. The number of nitrogens with zero attached hydrogens (tertiary/aromatic N) is 6. The molecule has 17 heteroatoms. The summed E-state index contributed by atoms with van der Waals surface area (Å²) >= 11 is 24.2. The second kappa shape index (κ2) is 23.9. The molecule has 4 aromatic rings. The largest absolute Gasteiger partial charge is 2.00 e. The number of halogens is 6. The predicted molar refractivity (Wildman–Crippen MR) is 183 cm³/mol. The van der Waals surface area contributed by atoms with Crippen molar-refractivity contribution in [2.75, 3.05) is 39.4 Å². The molecule has 10 nitrogen and oxygen atoms in total. The zero-order chi connectivity index (χ0) is 33.6. The summed E-state index contributed by atoms with van der Waals surface area (Å²) in [6.07, 6.45) is 11.1. The molecule has 0 fully saturated rings. The Kier molecular flexibility index (Phi) is 22.8. The van der Waals surface area contributed by atoms with Crippen LogP contribution in [0.2, 0.25) is 20.1 Å². The first-order valence-electron chi connectivity index (χ1n) is 14.8. The van der Waals surface area contributed by atoms with Gasteiger partial charge >= 0.3 is 28.6 Å². The van der Waals surface area contributed by atoms with Gasteiger partial charge in [-0.1, -0.05) is 60.3 Å². The first-order chi connectivity index (χ1) is 22.0. The van der Waals surface area contributed by atoms with Crippen molar-refractivity contribution < 1.29 is 60.4 Å². The maximum atomic E-state index is 12.4. The third-order valence-electron chi connectivity index (χ3n) is 6.58. The minimum Gasteiger partial charge on any atom is -1.00 e. The first-order valence-corrected chi connectivity index (χ1v) is 16.3. The van der Waals surface area contributed by atoms with Crippen LogP contribution in [0.25, 0.3) is 0 Å². The van der Waals surface area contributed by atoms with Crippen molar-refractivity contribution in [3.8, 4) is 11.5 Å². The number of ether oxygens (including phenoxy) is 2. The Bertz CT molecular complexity index is 1400. The molecule has 2 amide bonds. The Hall–Kier alpha value is -2.37. The van der Waals surface area contributed by atoms with E-state index in [1.54, 1.807) is 58.9 Å². The minimum atomic E-state index is -0.119. The van der Waals surface area contributed by atoms with Crippen molar-refractivity contribution in [3.63, 3.8) is 0 Å². The Morgan fingerprint density at radius 2 is 1.04 bits per heavy atom. The molecule has 0 aliphatic rings. The molecule has 2 aromatic heterocycles. The molecule has 0 aliphatic carbocycles. The molecular formula is C32H38Cl6N6NiO4. The summed E-state index contributed by atoms with van der Waals surface area (Å²) in [4.78, 5) is 36.0. The summed E-state index contributed by atoms with van der Waals surface area (Å²) in [6.45, 7) is 10.7. The van der Waals surface area contributed by atoms with E-state index in [9.17, 15) is 9.59 Å². The average Bonchev–Trinajstić information content (AvgIpc) is 3.74. The normalized spacial score (nSPS) is 9.96. The summed E-state index contributed by atoms with van der Waals surface area (Å²) in [5.74, 6) is 1.20. The van der Waals surface area contributed by atoms with Gasteiger partial charge in [0.2, 0.25) is 0 Å². The summed E-state index contributed by atoms with van der Waals surface area (Å²) in [6, 6.07) is 6.64. The fourth-order valence-electron chi connectivity index (χ4n) is 4.48. The molecule has 4 rings (SSSR count). The molecule has 0 aliphatic heterocycles. The van der Waals surface area contributed by atoms with Crippen molar-refractivity contribution in [2.45, 2.75) is 40.5 Å². The van der Waals surface area contributed by atoms with E-state index < -0.39 is 0 Å². The first kappa shape index (κ1) is 46.6. The van der Waals surface area contributed by atoms with Crippen LogP contribution in [0, 0.1) is 13.8 Å². The Labute approximate surface area is 330 Å². The minimum absolute atomic E-state index is 0. The van der Waals surface area contributed by atoms with Crippen LogP contribution < -0.4 is 34.3 Å². The summed E-state index contributed by atoms with van der Waals surface area (Å²) in [5.41, 5.74) is 1.73. The smallest absolute Gasteiger partial charge is 1.00 e. The third kappa shape index (κ3) is 14.4. The van der Waals surface area contributed by atoms with Gasteiger partial charge in [-0.3, -0.25) is 9.13 Å². The van der Waals surface area contributed by atoms with Gasteiger partial charge in [-0.25, -0.2) is 19.6 Å². The van der Waals surface area contributed by atoms with Crippen LogP contribution in [-0.2, 0) is 16.5 Å². The van der Waals surface area contributed by atoms with Crippen molar-refractivity contribution in [1.29, 1.82) is 0 Å². The molecule has 2 aromatic carbocycles. The van der Waals surface area contributed by atoms with Gasteiger partial charge in [-0.05, 0) is 62.1 Å². The quantitative estimate of drug-likeness (QED) is 0.204. The van der Waals surface area contributed by atoms with Crippen molar-refractivity contribution in [2.24, 2.45) is 0 Å². The van der Waals surface area contributed by atoms with E-state index in [1.807, 2.05) is 27.7 Å². The molecule has 0 N–H and O–H groups in total. The van der Waals surface area contributed by atoms with E-state index in [0.717, 1.165) is 24.0 Å². The number of amides is 2. The van der Waals surface area contributed by atoms with E-state index >= 15 is 0 Å². The van der Waals surface area contributed by atoms with Gasteiger partial charge in [0.05, 0.1) is 23.1 Å². The van der Waals surface area contributed by atoms with Gasteiger partial charge < -0.3 is 44.1 Å². The van der Waals surface area contributed by atoms with E-state index in [1.165, 1.54) is 21.8 Å². The van der Waals surface area contributed by atoms with E-state index in [4.69, 9.17) is 55.9 Å². The third-order valence-corrected chi connectivity index (χ3v) is 7.58. The fraction of sp³-hybridized carbons (Fsp3) is 0.375. The number of imidazole rings is 2. The van der Waals surface area contributed by atoms with Crippen LogP contribution in [-0.4, -0.2) is 80.4 Å². The molecular weight excluding hydrogens is 804 g/mol. The molecule has 272 valence electrons. The van der Waals surface area contributed by atoms with Gasteiger partial charge in [0.25, 0.3) is 0 Å². The van der Waals surface area contributed by atoms with Crippen LogP contribution in [0.1, 0.15) is 37.8 Å². The number of rotatable bonds is 12. The van der Waals surface area contributed by atoms with Crippen LogP contribution in [0.5, 0.6) is 11.5 Å². The van der Waals surface area contributed by atoms with Crippen LogP contribution in [0.15, 0.2) is 61.7 Å². The number of carbonyl (C=O) groups is 2. The average molecular weight is 842 g/mol. The second-order valence-corrected chi connectivity index (χ2v) is 11.9. The van der Waals surface area contributed by atoms with Gasteiger partial charge in [-0.2, -0.15) is 0 Å². The molecule has 49 heavy (non-hydrogen) atoms. The summed E-state index contributed by atoms with van der Waals surface area (Å²) in [5, 5.41) is 2.08. The van der Waals surface area contributed by atoms with Crippen LogP contribution in [0.3, 0.4) is 0 Å². The van der Waals surface area contributed by atoms with E-state index in [-0.39, 0.29) is 53.4 Å². The zero-order valence-corrected chi connectivity index (χ0v) is 32.9. The molecule has 2 heterocycles. The van der Waals surface area contributed by atoms with Crippen LogP contribution in [0.4, 0.5) is 9.59 Å². The van der Waals surface area contributed by atoms with Gasteiger partial charge in [-0.15, -0.1) is 0 Å². The molecule has 0 unspecified atom stereocenters. The van der Waals surface area contributed by atoms with Crippen molar-refractivity contribution in [3.05, 3.63) is 92.9 Å². The number of hydrogen-bond acceptors (Lipinski definition) is 6. The Morgan fingerprint density at radius 1 is 0.673 bits per heavy atom. The standard InChI is InChI=1S/2C16H19Cl2N3O2.2ClH.Ni/c2*1-3-5-20(16(22)21-6-4-19-11-21)7-8-23-15-12(2)9-13(17)10-14(15)18;;;/h2*4,6,9-11H,3,5,7-8H2,1-2H3;2*1H;/q;;;;+2/p-2. The Morgan fingerprint density at radius 3 is 1.33 bits per heavy atom. The van der Waals surface area contributed by atoms with Gasteiger partial charge in [0, 0.05) is 47.9 Å². The molecule has 0 bridgehead atoms. The van der Waals surface area contributed by atoms with Gasteiger partial charge in [0.15, 0.2) is 0 Å². The number of hydrogen-bond donors (Lipinski definition) is 0. The zero-order valence-electron chi connectivity index (χ0n) is 27.3. The number of carbonyl (C=O) groups excluding carboxylic acids is 2. The maximum absolute atomic E-state index is 12.4. The summed E-state index contributed by atoms with van der Waals surface area (Å²) < 4.78 is 14.4. The molecule has 0 atom stereocenters. The van der Waals surface area contributed by atoms with Gasteiger partial charge in [0.1, 0.15) is 37.4 Å². The SMILES string of the molecule is CCCN(CCOc1c(C)cc(Cl)cc1Cl)C(=O)n1ccnc1.CCCN(CCOc1c(C)cc(Cl)cc1Cl)C(=O)n1ccnc1.[Cl-].[Cl-].[Ni+2].